The Kier molecular flexibility index (Phi) is 5.74. The van der Waals surface area contributed by atoms with Gasteiger partial charge in [0.05, 0.1) is 6.10 Å². The minimum atomic E-state index is -4.66. The molecular weight excluding hydrogens is 407 g/mol. The van der Waals surface area contributed by atoms with Crippen molar-refractivity contribution in [3.8, 4) is 0 Å². The van der Waals surface area contributed by atoms with Crippen molar-refractivity contribution in [2.75, 3.05) is 5.32 Å². The van der Waals surface area contributed by atoms with Crippen LogP contribution < -0.4 is 5.32 Å². The van der Waals surface area contributed by atoms with Crippen molar-refractivity contribution >= 4 is 5.82 Å². The molecule has 0 aromatic carbocycles. The molecule has 30 heavy (non-hydrogen) atoms. The summed E-state index contributed by atoms with van der Waals surface area (Å²) in [7, 11) is 0. The third-order valence-electron chi connectivity index (χ3n) is 5.67. The summed E-state index contributed by atoms with van der Waals surface area (Å²) < 4.78 is 67.7. The van der Waals surface area contributed by atoms with Crippen LogP contribution in [0.4, 0.5) is 27.8 Å². The smallest absolute Gasteiger partial charge is 0.392 e. The topological polar surface area (TPSA) is 70.9 Å². The van der Waals surface area contributed by atoms with Crippen LogP contribution in [-0.2, 0) is 24.9 Å². The van der Waals surface area contributed by atoms with Gasteiger partial charge in [0.1, 0.15) is 17.2 Å². The Labute approximate surface area is 170 Å². The highest BCUT2D eigenvalue weighted by atomic mass is 19.4. The average Bonchev–Trinajstić information content (AvgIpc) is 2.65. The molecule has 1 fully saturated rings. The number of aliphatic hydroxyl groups is 1. The molecule has 2 heterocycles. The standard InChI is InChI=1S/C20H23F5N4O/c1-18(2)14(8-15(18)30)28-17-13(20(23,24)25)10-27-16(29-17)5-4-11-9-26-7-6-12(11)19(3,21)22/h6-7,9-10,14-15,30H,4-5,8H2,1-3H3,(H,27,28,29)/t14-,15-/m1/s1. The van der Waals surface area contributed by atoms with Gasteiger partial charge < -0.3 is 10.4 Å². The second-order valence-electron chi connectivity index (χ2n) is 8.24. The fourth-order valence-corrected chi connectivity index (χ4v) is 3.47. The zero-order chi connectivity index (χ0) is 22.3. The molecule has 0 saturated heterocycles. The maximum Gasteiger partial charge on any atom is 0.421 e. The summed E-state index contributed by atoms with van der Waals surface area (Å²) in [5.74, 6) is -3.34. The minimum absolute atomic E-state index is 0.0677. The lowest BCUT2D eigenvalue weighted by molar-refractivity contribution is -0.137. The van der Waals surface area contributed by atoms with Gasteiger partial charge in [0.15, 0.2) is 0 Å². The highest BCUT2D eigenvalue weighted by Crippen LogP contribution is 2.43. The van der Waals surface area contributed by atoms with Gasteiger partial charge >= 0.3 is 6.18 Å². The number of hydrogen-bond donors (Lipinski definition) is 2. The first-order chi connectivity index (χ1) is 13.8. The molecular formula is C20H23F5N4O. The number of hydrogen-bond acceptors (Lipinski definition) is 5. The van der Waals surface area contributed by atoms with Crippen LogP contribution in [0.2, 0.25) is 0 Å². The molecule has 2 aromatic rings. The second kappa shape index (κ2) is 7.72. The van der Waals surface area contributed by atoms with Crippen molar-refractivity contribution < 1.29 is 27.1 Å². The fraction of sp³-hybridized carbons (Fsp3) is 0.550. The van der Waals surface area contributed by atoms with Crippen LogP contribution in [0, 0.1) is 5.41 Å². The van der Waals surface area contributed by atoms with Gasteiger partial charge in [0.25, 0.3) is 5.92 Å². The number of nitrogens with zero attached hydrogens (tertiary/aromatic N) is 3. The first-order valence-electron chi connectivity index (χ1n) is 9.49. The van der Waals surface area contributed by atoms with E-state index >= 15 is 0 Å². The highest BCUT2D eigenvalue weighted by Gasteiger charge is 2.48. The Balaban J connectivity index is 1.84. The summed E-state index contributed by atoms with van der Waals surface area (Å²) >= 11 is 0. The molecule has 0 radical (unpaired) electrons. The molecule has 5 nitrogen and oxygen atoms in total. The van der Waals surface area contributed by atoms with E-state index in [-0.39, 0.29) is 41.7 Å². The molecule has 0 spiro atoms. The first-order valence-corrected chi connectivity index (χ1v) is 9.49. The van der Waals surface area contributed by atoms with Crippen LogP contribution in [0.25, 0.3) is 0 Å². The van der Waals surface area contributed by atoms with Crippen molar-refractivity contribution in [2.45, 2.75) is 64.3 Å². The summed E-state index contributed by atoms with van der Waals surface area (Å²) in [5.41, 5.74) is -1.52. The van der Waals surface area contributed by atoms with Crippen LogP contribution in [0.1, 0.15) is 49.7 Å². The number of nitrogens with one attached hydrogen (secondary N) is 1. The van der Waals surface area contributed by atoms with Gasteiger partial charge in [0, 0.05) is 49.0 Å². The molecule has 2 atom stereocenters. The average molecular weight is 430 g/mol. The van der Waals surface area contributed by atoms with Gasteiger partial charge in [-0.3, -0.25) is 4.98 Å². The number of halogens is 5. The zero-order valence-corrected chi connectivity index (χ0v) is 16.8. The fourth-order valence-electron chi connectivity index (χ4n) is 3.47. The molecule has 1 aliphatic carbocycles. The number of alkyl halides is 5. The van der Waals surface area contributed by atoms with Gasteiger partial charge in [-0.15, -0.1) is 0 Å². The number of rotatable bonds is 6. The summed E-state index contributed by atoms with van der Waals surface area (Å²) in [6.07, 6.45) is -1.53. The van der Waals surface area contributed by atoms with Gasteiger partial charge in [0.2, 0.25) is 0 Å². The molecule has 0 aliphatic heterocycles. The summed E-state index contributed by atoms with van der Waals surface area (Å²) in [6.45, 7) is 4.28. The maximum atomic E-state index is 13.8. The SMILES string of the molecule is CC(F)(F)c1ccncc1CCc1ncc(C(F)(F)F)c(N[C@@H]2C[C@@H](O)C2(C)C)n1. The minimum Gasteiger partial charge on any atom is -0.392 e. The number of aliphatic hydroxyl groups excluding tert-OH is 1. The van der Waals surface area contributed by atoms with Crippen LogP contribution >= 0.6 is 0 Å². The molecule has 1 saturated carbocycles. The third-order valence-corrected chi connectivity index (χ3v) is 5.67. The lowest BCUT2D eigenvalue weighted by Gasteiger charge is -2.49. The van der Waals surface area contributed by atoms with Crippen molar-refractivity contribution in [1.29, 1.82) is 0 Å². The van der Waals surface area contributed by atoms with E-state index in [1.807, 2.05) is 0 Å². The van der Waals surface area contributed by atoms with Crippen LogP contribution in [0.3, 0.4) is 0 Å². The molecule has 10 heteroatoms. The van der Waals surface area contributed by atoms with Crippen molar-refractivity contribution in [1.82, 2.24) is 15.0 Å². The van der Waals surface area contributed by atoms with E-state index in [2.05, 4.69) is 20.3 Å². The molecule has 0 bridgehead atoms. The lowest BCUT2D eigenvalue weighted by atomic mass is 9.64. The Morgan fingerprint density at radius 3 is 2.40 bits per heavy atom. The van der Waals surface area contributed by atoms with E-state index in [0.29, 0.717) is 12.6 Å². The second-order valence-corrected chi connectivity index (χ2v) is 8.24. The summed E-state index contributed by atoms with van der Waals surface area (Å²) in [4.78, 5) is 11.7. The van der Waals surface area contributed by atoms with E-state index in [1.165, 1.54) is 18.5 Å². The largest absolute Gasteiger partial charge is 0.421 e. The Bertz CT molecular complexity index is 911. The summed E-state index contributed by atoms with van der Waals surface area (Å²) in [6, 6.07) is 0.833. The zero-order valence-electron chi connectivity index (χ0n) is 16.8. The number of pyridine rings is 1. The number of anilines is 1. The quantitative estimate of drug-likeness (QED) is 0.667. The maximum absolute atomic E-state index is 13.8. The van der Waals surface area contributed by atoms with E-state index in [9.17, 15) is 27.1 Å². The van der Waals surface area contributed by atoms with E-state index in [4.69, 9.17) is 0 Å². The van der Waals surface area contributed by atoms with Gasteiger partial charge in [-0.2, -0.15) is 13.2 Å². The molecule has 164 valence electrons. The van der Waals surface area contributed by atoms with Gasteiger partial charge in [-0.25, -0.2) is 18.7 Å². The predicted octanol–water partition coefficient (Wildman–Crippen LogP) is 4.36. The Morgan fingerprint density at radius 2 is 1.83 bits per heavy atom. The van der Waals surface area contributed by atoms with Crippen molar-refractivity contribution in [2.24, 2.45) is 5.41 Å². The van der Waals surface area contributed by atoms with Crippen molar-refractivity contribution in [3.63, 3.8) is 0 Å². The first kappa shape index (κ1) is 22.3. The molecule has 0 amide bonds. The van der Waals surface area contributed by atoms with Crippen molar-refractivity contribution in [3.05, 3.63) is 47.2 Å². The van der Waals surface area contributed by atoms with E-state index in [0.717, 1.165) is 6.92 Å². The van der Waals surface area contributed by atoms with E-state index < -0.39 is 29.2 Å². The summed E-state index contributed by atoms with van der Waals surface area (Å²) in [5, 5.41) is 12.6. The Morgan fingerprint density at radius 1 is 1.13 bits per heavy atom. The lowest BCUT2D eigenvalue weighted by Crippen LogP contribution is -2.57. The third kappa shape index (κ3) is 4.53. The van der Waals surface area contributed by atoms with Crippen LogP contribution in [0.5, 0.6) is 0 Å². The molecule has 0 unspecified atom stereocenters. The molecule has 3 rings (SSSR count). The Hall–Kier alpha value is -2.36. The van der Waals surface area contributed by atoms with Crippen LogP contribution in [-0.4, -0.2) is 32.2 Å². The molecule has 2 N–H and O–H groups in total. The number of aromatic nitrogens is 3. The normalized spacial score (nSPS) is 21.2. The number of aryl methyl sites for hydroxylation is 2. The van der Waals surface area contributed by atoms with Gasteiger partial charge in [-0.05, 0) is 24.5 Å². The predicted molar refractivity (Wildman–Crippen MR) is 100 cm³/mol. The molecule has 1 aliphatic rings. The van der Waals surface area contributed by atoms with E-state index in [1.54, 1.807) is 13.8 Å². The monoisotopic (exact) mass is 430 g/mol. The molecule has 2 aromatic heterocycles. The van der Waals surface area contributed by atoms with Crippen LogP contribution in [0.15, 0.2) is 24.7 Å². The van der Waals surface area contributed by atoms with Gasteiger partial charge in [-0.1, -0.05) is 13.8 Å². The highest BCUT2D eigenvalue weighted by molar-refractivity contribution is 5.47.